The molecular formula is C5H9NO3. The molecule has 0 spiro atoms. The van der Waals surface area contributed by atoms with E-state index in [4.69, 9.17) is 10.2 Å². The highest BCUT2D eigenvalue weighted by Crippen LogP contribution is 2.14. The number of carboxylic acid groups (broad SMARTS) is 1. The maximum Gasteiger partial charge on any atom is 0.306 e. The van der Waals surface area contributed by atoms with Crippen LogP contribution in [0.15, 0.2) is 0 Å². The lowest BCUT2D eigenvalue weighted by Crippen LogP contribution is -2.60. The molecule has 0 aromatic carbocycles. The normalized spacial score (nSPS) is 22.8. The van der Waals surface area contributed by atoms with Crippen molar-refractivity contribution in [1.82, 2.24) is 5.32 Å². The van der Waals surface area contributed by atoms with Gasteiger partial charge in [0.1, 0.15) is 0 Å². The minimum Gasteiger partial charge on any atom is -0.481 e. The first-order valence-electron chi connectivity index (χ1n) is 2.77. The van der Waals surface area contributed by atoms with E-state index in [0.29, 0.717) is 13.1 Å². The summed E-state index contributed by atoms with van der Waals surface area (Å²) < 4.78 is 0. The summed E-state index contributed by atoms with van der Waals surface area (Å²) in [5.41, 5.74) is -0.966. The Labute approximate surface area is 52.5 Å². The summed E-state index contributed by atoms with van der Waals surface area (Å²) in [6, 6.07) is 0. The molecule has 0 saturated carbocycles. The number of β-amino-alcohol motifs (C(OH)–C–C–N with tert-alkyl or cyclic N) is 1. The van der Waals surface area contributed by atoms with Crippen molar-refractivity contribution in [2.75, 3.05) is 13.1 Å². The van der Waals surface area contributed by atoms with Crippen LogP contribution in [0.2, 0.25) is 0 Å². The van der Waals surface area contributed by atoms with Gasteiger partial charge in [-0.2, -0.15) is 0 Å². The molecule has 0 aliphatic carbocycles. The van der Waals surface area contributed by atoms with Crippen LogP contribution < -0.4 is 5.32 Å². The first-order chi connectivity index (χ1) is 4.12. The smallest absolute Gasteiger partial charge is 0.306 e. The number of nitrogens with one attached hydrogen (secondary N) is 1. The van der Waals surface area contributed by atoms with Gasteiger partial charge >= 0.3 is 5.97 Å². The molecule has 1 rings (SSSR count). The van der Waals surface area contributed by atoms with Gasteiger partial charge in [0, 0.05) is 13.1 Å². The molecule has 1 fully saturated rings. The maximum absolute atomic E-state index is 10.0. The highest BCUT2D eigenvalue weighted by atomic mass is 16.4. The van der Waals surface area contributed by atoms with Gasteiger partial charge in [0.2, 0.25) is 0 Å². The van der Waals surface area contributed by atoms with E-state index in [9.17, 15) is 4.79 Å². The van der Waals surface area contributed by atoms with Crippen LogP contribution >= 0.6 is 0 Å². The summed E-state index contributed by atoms with van der Waals surface area (Å²) in [6.45, 7) is 0.804. The SMILES string of the molecule is O=C(O)CC1(O)CNC1. The van der Waals surface area contributed by atoms with Gasteiger partial charge in [0.05, 0.1) is 12.0 Å². The fourth-order valence-corrected chi connectivity index (χ4v) is 0.820. The van der Waals surface area contributed by atoms with E-state index in [1.54, 1.807) is 0 Å². The summed E-state index contributed by atoms with van der Waals surface area (Å²) in [5.74, 6) is -0.945. The van der Waals surface area contributed by atoms with Crippen LogP contribution in [0, 0.1) is 0 Å². The molecule has 0 aromatic rings. The molecule has 1 aliphatic rings. The molecule has 3 N–H and O–H groups in total. The molecule has 4 heteroatoms. The topological polar surface area (TPSA) is 69.6 Å². The van der Waals surface area contributed by atoms with Crippen molar-refractivity contribution < 1.29 is 15.0 Å². The van der Waals surface area contributed by atoms with E-state index < -0.39 is 11.6 Å². The quantitative estimate of drug-likeness (QED) is 0.440. The zero-order valence-electron chi connectivity index (χ0n) is 4.92. The fourth-order valence-electron chi connectivity index (χ4n) is 0.820. The Hall–Kier alpha value is -0.610. The lowest BCUT2D eigenvalue weighted by molar-refractivity contribution is -0.144. The van der Waals surface area contributed by atoms with Crippen molar-refractivity contribution in [3.8, 4) is 0 Å². The van der Waals surface area contributed by atoms with Crippen molar-refractivity contribution in [3.05, 3.63) is 0 Å². The summed E-state index contributed by atoms with van der Waals surface area (Å²) in [7, 11) is 0. The Balaban J connectivity index is 2.33. The number of rotatable bonds is 2. The zero-order valence-corrected chi connectivity index (χ0v) is 4.92. The molecule has 0 unspecified atom stereocenters. The second kappa shape index (κ2) is 1.97. The molecule has 0 radical (unpaired) electrons. The van der Waals surface area contributed by atoms with Gasteiger partial charge in [-0.1, -0.05) is 0 Å². The van der Waals surface area contributed by atoms with Crippen LogP contribution in [-0.2, 0) is 4.79 Å². The van der Waals surface area contributed by atoms with E-state index in [0.717, 1.165) is 0 Å². The van der Waals surface area contributed by atoms with E-state index >= 15 is 0 Å². The summed E-state index contributed by atoms with van der Waals surface area (Å²) in [5, 5.41) is 20.2. The van der Waals surface area contributed by atoms with Crippen LogP contribution in [-0.4, -0.2) is 34.9 Å². The van der Waals surface area contributed by atoms with Gasteiger partial charge in [0.15, 0.2) is 0 Å². The number of hydrogen-bond donors (Lipinski definition) is 3. The first kappa shape index (κ1) is 6.51. The second-order valence-corrected chi connectivity index (χ2v) is 2.40. The Kier molecular flexibility index (Phi) is 1.42. The molecule has 1 aliphatic heterocycles. The molecule has 0 amide bonds. The Morgan fingerprint density at radius 2 is 2.22 bits per heavy atom. The zero-order chi connectivity index (χ0) is 6.91. The molecule has 0 atom stereocenters. The van der Waals surface area contributed by atoms with E-state index in [-0.39, 0.29) is 6.42 Å². The van der Waals surface area contributed by atoms with Crippen LogP contribution in [0.25, 0.3) is 0 Å². The van der Waals surface area contributed by atoms with Crippen LogP contribution in [0.1, 0.15) is 6.42 Å². The molecular weight excluding hydrogens is 122 g/mol. The number of aliphatic hydroxyl groups is 1. The van der Waals surface area contributed by atoms with Gasteiger partial charge in [-0.3, -0.25) is 4.79 Å². The van der Waals surface area contributed by atoms with E-state index in [1.165, 1.54) is 0 Å². The van der Waals surface area contributed by atoms with Crippen molar-refractivity contribution >= 4 is 5.97 Å². The summed E-state index contributed by atoms with van der Waals surface area (Å²) in [6.07, 6.45) is -0.153. The molecule has 1 saturated heterocycles. The summed E-state index contributed by atoms with van der Waals surface area (Å²) >= 11 is 0. The average molecular weight is 131 g/mol. The maximum atomic E-state index is 10.0. The largest absolute Gasteiger partial charge is 0.481 e. The molecule has 0 aromatic heterocycles. The standard InChI is InChI=1S/C5H9NO3/c7-4(8)1-5(9)2-6-3-5/h6,9H,1-3H2,(H,7,8). The average Bonchev–Trinajstić information content (AvgIpc) is 1.60. The van der Waals surface area contributed by atoms with Crippen molar-refractivity contribution in [2.45, 2.75) is 12.0 Å². The fraction of sp³-hybridized carbons (Fsp3) is 0.800. The van der Waals surface area contributed by atoms with Crippen molar-refractivity contribution in [1.29, 1.82) is 0 Å². The molecule has 4 nitrogen and oxygen atoms in total. The predicted molar refractivity (Wildman–Crippen MR) is 30.1 cm³/mol. The van der Waals surface area contributed by atoms with Crippen LogP contribution in [0.5, 0.6) is 0 Å². The molecule has 1 heterocycles. The Morgan fingerprint density at radius 3 is 2.33 bits per heavy atom. The van der Waals surface area contributed by atoms with Gasteiger partial charge in [-0.25, -0.2) is 0 Å². The minimum absolute atomic E-state index is 0.153. The van der Waals surface area contributed by atoms with Crippen LogP contribution in [0.3, 0.4) is 0 Å². The third kappa shape index (κ3) is 1.40. The lowest BCUT2D eigenvalue weighted by atomic mass is 9.93. The van der Waals surface area contributed by atoms with E-state index in [2.05, 4.69) is 5.32 Å². The number of carbonyl (C=O) groups is 1. The monoisotopic (exact) mass is 131 g/mol. The third-order valence-electron chi connectivity index (χ3n) is 1.39. The molecule has 9 heavy (non-hydrogen) atoms. The lowest BCUT2D eigenvalue weighted by Gasteiger charge is -2.35. The second-order valence-electron chi connectivity index (χ2n) is 2.40. The Bertz CT molecular complexity index is 130. The highest BCUT2D eigenvalue weighted by molar-refractivity contribution is 5.68. The predicted octanol–water partition coefficient (Wildman–Crippen LogP) is -1.20. The Morgan fingerprint density at radius 1 is 1.67 bits per heavy atom. The highest BCUT2D eigenvalue weighted by Gasteiger charge is 2.36. The molecule has 52 valence electrons. The van der Waals surface area contributed by atoms with Gasteiger partial charge in [-0.15, -0.1) is 0 Å². The van der Waals surface area contributed by atoms with Crippen molar-refractivity contribution in [2.24, 2.45) is 0 Å². The van der Waals surface area contributed by atoms with Crippen LogP contribution in [0.4, 0.5) is 0 Å². The number of aliphatic carboxylic acids is 1. The number of hydrogen-bond acceptors (Lipinski definition) is 3. The summed E-state index contributed by atoms with van der Waals surface area (Å²) in [4.78, 5) is 10.0. The van der Waals surface area contributed by atoms with Gasteiger partial charge in [-0.05, 0) is 0 Å². The van der Waals surface area contributed by atoms with Crippen molar-refractivity contribution in [3.63, 3.8) is 0 Å². The minimum atomic E-state index is -0.966. The first-order valence-corrected chi connectivity index (χ1v) is 2.77. The van der Waals surface area contributed by atoms with E-state index in [1.807, 2.05) is 0 Å². The number of carboxylic acids is 1. The van der Waals surface area contributed by atoms with Gasteiger partial charge < -0.3 is 15.5 Å². The third-order valence-corrected chi connectivity index (χ3v) is 1.39. The molecule has 0 bridgehead atoms. The van der Waals surface area contributed by atoms with Gasteiger partial charge in [0.25, 0.3) is 0 Å².